The monoisotopic (exact) mass is 488 g/mol. The highest BCUT2D eigenvalue weighted by atomic mass is 16.5. The molecule has 1 aliphatic heterocycles. The van der Waals surface area contributed by atoms with Crippen molar-refractivity contribution in [3.05, 3.63) is 34.9 Å². The van der Waals surface area contributed by atoms with Crippen LogP contribution in [0.3, 0.4) is 0 Å². The smallest absolute Gasteiger partial charge is 0.247 e. The van der Waals surface area contributed by atoms with Gasteiger partial charge in [-0.3, -0.25) is 9.59 Å². The van der Waals surface area contributed by atoms with E-state index in [-0.39, 0.29) is 25.7 Å². The Labute approximate surface area is 205 Å². The third-order valence-corrected chi connectivity index (χ3v) is 7.44. The van der Waals surface area contributed by atoms with Crippen LogP contribution in [0.1, 0.15) is 56.1 Å². The molecule has 1 aromatic carbocycles. The van der Waals surface area contributed by atoms with Crippen LogP contribution < -0.4 is 14.8 Å². The van der Waals surface area contributed by atoms with Gasteiger partial charge in [-0.05, 0) is 42.5 Å². The first-order chi connectivity index (χ1) is 16.9. The average molecular weight is 489 g/mol. The van der Waals surface area contributed by atoms with Crippen molar-refractivity contribution in [3.63, 3.8) is 0 Å². The molecular formula is C26H36N2O7. The van der Waals surface area contributed by atoms with Crippen molar-refractivity contribution in [3.8, 4) is 11.5 Å². The number of amides is 2. The fourth-order valence-electron chi connectivity index (χ4n) is 5.73. The lowest BCUT2D eigenvalue weighted by molar-refractivity contribution is -0.136. The Hall–Kier alpha value is -2.62. The van der Waals surface area contributed by atoms with Crippen molar-refractivity contribution in [2.24, 2.45) is 5.92 Å². The van der Waals surface area contributed by atoms with Crippen LogP contribution in [-0.4, -0.2) is 77.1 Å². The zero-order valence-corrected chi connectivity index (χ0v) is 20.4. The van der Waals surface area contributed by atoms with Crippen molar-refractivity contribution in [2.75, 3.05) is 26.8 Å². The van der Waals surface area contributed by atoms with Crippen LogP contribution in [0.2, 0.25) is 0 Å². The van der Waals surface area contributed by atoms with Gasteiger partial charge in [0, 0.05) is 31.1 Å². The van der Waals surface area contributed by atoms with Crippen molar-refractivity contribution < 1.29 is 34.4 Å². The number of fused-ring (bicyclic) bond motifs is 3. The SMILES string of the molecule is COc1cc(CO)cc2c1OC1C2C(C(=O)NCCO)=CC(N(CC2CCCCC2)C(C)=O)C1O. The van der Waals surface area contributed by atoms with Gasteiger partial charge in [0.15, 0.2) is 11.5 Å². The number of nitrogens with one attached hydrogen (secondary N) is 1. The molecule has 0 radical (unpaired) electrons. The summed E-state index contributed by atoms with van der Waals surface area (Å²) < 4.78 is 11.7. The Morgan fingerprint density at radius 2 is 1.94 bits per heavy atom. The number of hydrogen-bond donors (Lipinski definition) is 4. The molecular weight excluding hydrogens is 452 g/mol. The average Bonchev–Trinajstić information content (AvgIpc) is 3.26. The van der Waals surface area contributed by atoms with Gasteiger partial charge in [0.2, 0.25) is 11.8 Å². The van der Waals surface area contributed by atoms with Gasteiger partial charge in [-0.25, -0.2) is 0 Å². The Bertz CT molecular complexity index is 973. The van der Waals surface area contributed by atoms with Gasteiger partial charge < -0.3 is 35.0 Å². The van der Waals surface area contributed by atoms with Crippen LogP contribution >= 0.6 is 0 Å². The number of hydrogen-bond acceptors (Lipinski definition) is 7. The minimum absolute atomic E-state index is 0.0764. The summed E-state index contributed by atoms with van der Waals surface area (Å²) in [4.78, 5) is 27.7. The normalized spacial score (nSPS) is 25.7. The van der Waals surface area contributed by atoms with E-state index < -0.39 is 30.1 Å². The fourth-order valence-corrected chi connectivity index (χ4v) is 5.73. The van der Waals surface area contributed by atoms with Gasteiger partial charge >= 0.3 is 0 Å². The van der Waals surface area contributed by atoms with Crippen LogP contribution in [0.4, 0.5) is 0 Å². The van der Waals surface area contributed by atoms with E-state index in [0.717, 1.165) is 25.7 Å². The second-order valence-corrected chi connectivity index (χ2v) is 9.69. The van der Waals surface area contributed by atoms with Crippen LogP contribution in [0.15, 0.2) is 23.8 Å². The summed E-state index contributed by atoms with van der Waals surface area (Å²) >= 11 is 0. The summed E-state index contributed by atoms with van der Waals surface area (Å²) in [6.07, 6.45) is 5.33. The highest BCUT2D eigenvalue weighted by Gasteiger charge is 2.51. The van der Waals surface area contributed by atoms with Gasteiger partial charge in [-0.2, -0.15) is 0 Å². The van der Waals surface area contributed by atoms with E-state index in [4.69, 9.17) is 9.47 Å². The fraction of sp³-hybridized carbons (Fsp3) is 0.615. The lowest BCUT2D eigenvalue weighted by Crippen LogP contribution is -2.56. The second-order valence-electron chi connectivity index (χ2n) is 9.69. The van der Waals surface area contributed by atoms with E-state index in [1.165, 1.54) is 20.5 Å². The van der Waals surface area contributed by atoms with Gasteiger partial charge in [0.25, 0.3) is 0 Å². The number of carbonyl (C=O) groups is 2. The number of nitrogens with zero attached hydrogens (tertiary/aromatic N) is 1. The van der Waals surface area contributed by atoms with E-state index >= 15 is 0 Å². The maximum Gasteiger partial charge on any atom is 0.247 e. The van der Waals surface area contributed by atoms with Gasteiger partial charge in [0.1, 0.15) is 12.2 Å². The Kier molecular flexibility index (Phi) is 7.98. The number of aliphatic hydroxyl groups excluding tert-OH is 3. The van der Waals surface area contributed by atoms with E-state index in [9.17, 15) is 24.9 Å². The summed E-state index contributed by atoms with van der Waals surface area (Å²) in [6, 6.07) is 2.69. The standard InChI is InChI=1S/C26H36N2O7/c1-15(31)28(13-16-6-4-3-5-7-16)20-12-19(26(33)27-8-9-29)22-18-10-17(14-30)11-21(34-2)24(18)35-25(22)23(20)32/h10-12,16,20,22-23,25,29-30,32H,3-9,13-14H2,1-2H3,(H,27,33). The number of ether oxygens (including phenoxy) is 2. The molecule has 1 saturated carbocycles. The molecule has 2 amide bonds. The summed E-state index contributed by atoms with van der Waals surface area (Å²) in [7, 11) is 1.49. The van der Waals surface area contributed by atoms with Crippen molar-refractivity contribution in [2.45, 2.75) is 69.8 Å². The van der Waals surface area contributed by atoms with Gasteiger partial charge in [-0.15, -0.1) is 0 Å². The van der Waals surface area contributed by atoms with Crippen LogP contribution in [0, 0.1) is 5.92 Å². The van der Waals surface area contributed by atoms with Crippen molar-refractivity contribution in [1.29, 1.82) is 0 Å². The Balaban J connectivity index is 1.75. The largest absolute Gasteiger partial charge is 0.493 e. The molecule has 9 heteroatoms. The van der Waals surface area contributed by atoms with Crippen molar-refractivity contribution >= 4 is 11.8 Å². The quantitative estimate of drug-likeness (QED) is 0.433. The second kappa shape index (κ2) is 11.0. The topological polar surface area (TPSA) is 129 Å². The molecule has 3 aliphatic rings. The third kappa shape index (κ3) is 5.03. The first kappa shape index (κ1) is 25.5. The van der Waals surface area contributed by atoms with Crippen LogP contribution in [0.25, 0.3) is 0 Å². The predicted octanol–water partition coefficient (Wildman–Crippen LogP) is 1.24. The van der Waals surface area contributed by atoms with Crippen molar-refractivity contribution in [1.82, 2.24) is 10.2 Å². The van der Waals surface area contributed by atoms with E-state index in [2.05, 4.69) is 5.32 Å². The molecule has 1 heterocycles. The van der Waals surface area contributed by atoms with Gasteiger partial charge in [0.05, 0.1) is 32.3 Å². The van der Waals surface area contributed by atoms with Crippen LogP contribution in [-0.2, 0) is 16.2 Å². The summed E-state index contributed by atoms with van der Waals surface area (Å²) in [5, 5.41) is 33.2. The van der Waals surface area contributed by atoms with Crippen LogP contribution in [0.5, 0.6) is 11.5 Å². The maximum atomic E-state index is 13.2. The number of benzene rings is 1. The predicted molar refractivity (Wildman–Crippen MR) is 128 cm³/mol. The van der Waals surface area contributed by atoms with E-state index in [1.54, 1.807) is 23.1 Å². The highest BCUT2D eigenvalue weighted by Crippen LogP contribution is 2.51. The molecule has 0 saturated heterocycles. The zero-order chi connectivity index (χ0) is 25.1. The number of methoxy groups -OCH3 is 1. The molecule has 2 aliphatic carbocycles. The molecule has 0 bridgehead atoms. The molecule has 4 unspecified atom stereocenters. The Morgan fingerprint density at radius 1 is 1.20 bits per heavy atom. The molecule has 1 aromatic rings. The van der Waals surface area contributed by atoms with Gasteiger partial charge in [-0.1, -0.05) is 19.3 Å². The molecule has 9 nitrogen and oxygen atoms in total. The highest BCUT2D eigenvalue weighted by molar-refractivity contribution is 5.96. The number of carbonyl (C=O) groups excluding carboxylic acids is 2. The number of rotatable bonds is 8. The summed E-state index contributed by atoms with van der Waals surface area (Å²) in [5.41, 5.74) is 1.60. The molecule has 4 N–H and O–H groups in total. The lowest BCUT2D eigenvalue weighted by Gasteiger charge is -2.42. The van der Waals surface area contributed by atoms with E-state index in [0.29, 0.717) is 40.7 Å². The molecule has 0 aromatic heterocycles. The number of aliphatic hydroxyl groups is 3. The first-order valence-electron chi connectivity index (χ1n) is 12.4. The minimum Gasteiger partial charge on any atom is -0.493 e. The molecule has 35 heavy (non-hydrogen) atoms. The summed E-state index contributed by atoms with van der Waals surface area (Å²) in [5.74, 6) is 0.00904. The maximum absolute atomic E-state index is 13.2. The first-order valence-corrected chi connectivity index (χ1v) is 12.4. The lowest BCUT2D eigenvalue weighted by atomic mass is 9.77. The third-order valence-electron chi connectivity index (χ3n) is 7.44. The summed E-state index contributed by atoms with van der Waals surface area (Å²) in [6.45, 7) is 1.65. The minimum atomic E-state index is -1.07. The molecule has 192 valence electrons. The zero-order valence-electron chi connectivity index (χ0n) is 20.4. The molecule has 4 atom stereocenters. The Morgan fingerprint density at radius 3 is 2.57 bits per heavy atom. The molecule has 4 rings (SSSR count). The molecule has 1 fully saturated rings. The van der Waals surface area contributed by atoms with E-state index in [1.807, 2.05) is 0 Å². The molecule has 0 spiro atoms.